The highest BCUT2D eigenvalue weighted by Crippen LogP contribution is 2.34. The second-order valence-electron chi connectivity index (χ2n) is 6.05. The summed E-state index contributed by atoms with van der Waals surface area (Å²) in [6.45, 7) is 0.936. The van der Waals surface area contributed by atoms with Gasteiger partial charge in [0.15, 0.2) is 11.5 Å². The number of amides is 1. The van der Waals surface area contributed by atoms with Crippen LogP contribution in [0.5, 0.6) is 11.5 Å². The summed E-state index contributed by atoms with van der Waals surface area (Å²) in [6, 6.07) is 12.3. The molecule has 0 spiro atoms. The van der Waals surface area contributed by atoms with Gasteiger partial charge in [-0.2, -0.15) is 0 Å². The van der Waals surface area contributed by atoms with Gasteiger partial charge in [0.2, 0.25) is 0 Å². The second-order valence-corrected chi connectivity index (χ2v) is 6.93. The molecule has 0 bridgehead atoms. The first kappa shape index (κ1) is 15.9. The summed E-state index contributed by atoms with van der Waals surface area (Å²) in [5.74, 6) is 0.824. The zero-order valence-electron chi connectivity index (χ0n) is 14.0. The largest absolute Gasteiger partial charge is 0.486 e. The molecule has 134 valence electrons. The fourth-order valence-electron chi connectivity index (χ4n) is 3.14. The smallest absolute Gasteiger partial charge is 0.347 e. The zero-order valence-corrected chi connectivity index (χ0v) is 14.8. The van der Waals surface area contributed by atoms with Gasteiger partial charge in [0.05, 0.1) is 0 Å². The molecule has 1 amide bonds. The second kappa shape index (κ2) is 6.14. The quantitative estimate of drug-likeness (QED) is 0.532. The first-order chi connectivity index (χ1) is 13.2. The van der Waals surface area contributed by atoms with Crippen molar-refractivity contribution >= 4 is 44.0 Å². The molecule has 0 saturated heterocycles. The Kier molecular flexibility index (Phi) is 3.61. The highest BCUT2D eigenvalue weighted by molar-refractivity contribution is 7.16. The van der Waals surface area contributed by atoms with Crippen LogP contribution in [-0.2, 0) is 0 Å². The van der Waals surface area contributed by atoms with Gasteiger partial charge in [-0.15, -0.1) is 11.3 Å². The fourth-order valence-corrected chi connectivity index (χ4v) is 4.08. The molecule has 7 heteroatoms. The Bertz CT molecular complexity index is 1260. The Balaban J connectivity index is 1.54. The average molecular weight is 379 g/mol. The number of rotatable bonds is 2. The van der Waals surface area contributed by atoms with Gasteiger partial charge in [0, 0.05) is 21.7 Å². The first-order valence-electron chi connectivity index (χ1n) is 8.35. The molecule has 0 unspecified atom stereocenters. The van der Waals surface area contributed by atoms with Crippen molar-refractivity contribution in [1.29, 1.82) is 0 Å². The van der Waals surface area contributed by atoms with Crippen LogP contribution in [0.25, 0.3) is 21.7 Å². The molecule has 0 atom stereocenters. The van der Waals surface area contributed by atoms with Gasteiger partial charge in [-0.3, -0.25) is 4.79 Å². The number of ether oxygens (including phenoxy) is 2. The van der Waals surface area contributed by atoms with E-state index in [1.165, 1.54) is 11.3 Å². The highest BCUT2D eigenvalue weighted by Gasteiger charge is 2.18. The van der Waals surface area contributed by atoms with Crippen molar-refractivity contribution in [2.24, 2.45) is 0 Å². The van der Waals surface area contributed by atoms with E-state index in [2.05, 4.69) is 5.32 Å². The fraction of sp³-hybridized carbons (Fsp3) is 0.100. The molecule has 2 aromatic carbocycles. The number of fused-ring (bicyclic) bond motifs is 4. The summed E-state index contributed by atoms with van der Waals surface area (Å²) in [5.41, 5.74) is 0.478. The van der Waals surface area contributed by atoms with Gasteiger partial charge in [-0.05, 0) is 24.3 Å². The minimum Gasteiger partial charge on any atom is -0.486 e. The maximum absolute atomic E-state index is 12.7. The third-order valence-electron chi connectivity index (χ3n) is 4.41. The van der Waals surface area contributed by atoms with Crippen LogP contribution in [0.2, 0.25) is 0 Å². The Morgan fingerprint density at radius 1 is 1.00 bits per heavy atom. The summed E-state index contributed by atoms with van der Waals surface area (Å²) >= 11 is 1.30. The lowest BCUT2D eigenvalue weighted by molar-refractivity contribution is 0.102. The highest BCUT2D eigenvalue weighted by atomic mass is 32.1. The third kappa shape index (κ3) is 2.63. The maximum atomic E-state index is 12.7. The van der Waals surface area contributed by atoms with Crippen LogP contribution in [0.3, 0.4) is 0 Å². The number of hydrogen-bond donors (Lipinski definition) is 1. The Morgan fingerprint density at radius 3 is 2.70 bits per heavy atom. The molecule has 0 saturated carbocycles. The molecule has 3 heterocycles. The Morgan fingerprint density at radius 2 is 1.81 bits per heavy atom. The Labute approximate surface area is 156 Å². The lowest BCUT2D eigenvalue weighted by atomic mass is 10.1. The Hall–Kier alpha value is -3.32. The van der Waals surface area contributed by atoms with E-state index in [4.69, 9.17) is 13.9 Å². The first-order valence-corrected chi connectivity index (χ1v) is 9.23. The van der Waals surface area contributed by atoms with E-state index in [9.17, 15) is 9.59 Å². The molecular formula is C20H13NO5S. The molecule has 6 nitrogen and oxygen atoms in total. The number of hydrogen-bond acceptors (Lipinski definition) is 6. The summed E-state index contributed by atoms with van der Waals surface area (Å²) in [5, 5.41) is 7.12. The molecule has 5 rings (SSSR count). The number of carbonyl (C=O) groups is 1. The molecule has 0 aliphatic carbocycles. The van der Waals surface area contributed by atoms with Crippen LogP contribution in [0.1, 0.15) is 10.4 Å². The summed E-state index contributed by atoms with van der Waals surface area (Å²) in [6.07, 6.45) is 0. The van der Waals surface area contributed by atoms with Gasteiger partial charge in [0.25, 0.3) is 5.91 Å². The molecule has 0 fully saturated rings. The van der Waals surface area contributed by atoms with E-state index >= 15 is 0 Å². The number of para-hydroxylation sites is 1. The van der Waals surface area contributed by atoms with E-state index in [1.54, 1.807) is 24.3 Å². The number of carbonyl (C=O) groups excluding carboxylic acids is 1. The van der Waals surface area contributed by atoms with Crippen LogP contribution >= 0.6 is 11.3 Å². The van der Waals surface area contributed by atoms with E-state index in [0.29, 0.717) is 46.2 Å². The van der Waals surface area contributed by atoms with Crippen molar-refractivity contribution in [2.45, 2.75) is 0 Å². The average Bonchev–Trinajstić information content (AvgIpc) is 3.12. The molecule has 1 aliphatic heterocycles. The van der Waals surface area contributed by atoms with Crippen molar-refractivity contribution in [3.8, 4) is 11.5 Å². The lowest BCUT2D eigenvalue weighted by Crippen LogP contribution is -2.17. The normalized spacial score (nSPS) is 13.0. The topological polar surface area (TPSA) is 77.8 Å². The molecular weight excluding hydrogens is 366 g/mol. The maximum Gasteiger partial charge on any atom is 0.347 e. The number of nitrogens with one attached hydrogen (secondary N) is 1. The van der Waals surface area contributed by atoms with Crippen molar-refractivity contribution in [2.75, 3.05) is 18.5 Å². The van der Waals surface area contributed by atoms with Crippen LogP contribution < -0.4 is 20.4 Å². The number of anilines is 1. The predicted octanol–water partition coefficient (Wildman–Crippen LogP) is 4.03. The van der Waals surface area contributed by atoms with Crippen LogP contribution in [0, 0.1) is 0 Å². The van der Waals surface area contributed by atoms with Crippen LogP contribution in [0.4, 0.5) is 5.00 Å². The van der Waals surface area contributed by atoms with Crippen LogP contribution in [-0.4, -0.2) is 19.1 Å². The molecule has 27 heavy (non-hydrogen) atoms. The zero-order chi connectivity index (χ0) is 18.4. The number of thiophene rings is 1. The predicted molar refractivity (Wildman–Crippen MR) is 103 cm³/mol. The van der Waals surface area contributed by atoms with Gasteiger partial charge in [0.1, 0.15) is 29.2 Å². The summed E-state index contributed by atoms with van der Waals surface area (Å²) in [7, 11) is 0. The van der Waals surface area contributed by atoms with Crippen molar-refractivity contribution < 1.29 is 18.7 Å². The van der Waals surface area contributed by atoms with Gasteiger partial charge in [-0.1, -0.05) is 18.2 Å². The standard InChI is InChI=1S/C20H13NO5S/c22-18(11-5-6-15-16(9-11)25-8-7-24-15)21-19-17-13(10-27-19)12-3-1-2-4-14(12)26-20(17)23/h1-6,9-10H,7-8H2,(H,21,22). The van der Waals surface area contributed by atoms with E-state index in [0.717, 1.165) is 10.8 Å². The van der Waals surface area contributed by atoms with Crippen LogP contribution in [0.15, 0.2) is 57.1 Å². The lowest BCUT2D eigenvalue weighted by Gasteiger charge is -2.18. The van der Waals surface area contributed by atoms with Gasteiger partial charge in [-0.25, -0.2) is 4.79 Å². The van der Waals surface area contributed by atoms with E-state index in [-0.39, 0.29) is 5.91 Å². The third-order valence-corrected chi connectivity index (χ3v) is 5.30. The monoisotopic (exact) mass is 379 g/mol. The molecule has 1 aliphatic rings. The SMILES string of the molecule is O=C(Nc1scc2c1c(=O)oc1ccccc12)c1ccc2c(c1)OCCO2. The minimum absolute atomic E-state index is 0.330. The van der Waals surface area contributed by atoms with Gasteiger partial charge < -0.3 is 19.2 Å². The van der Waals surface area contributed by atoms with E-state index < -0.39 is 5.63 Å². The molecule has 0 radical (unpaired) electrons. The van der Waals surface area contributed by atoms with Gasteiger partial charge >= 0.3 is 5.63 Å². The minimum atomic E-state index is -0.470. The molecule has 2 aromatic heterocycles. The number of benzene rings is 2. The van der Waals surface area contributed by atoms with Crippen molar-refractivity contribution in [3.05, 3.63) is 63.8 Å². The van der Waals surface area contributed by atoms with E-state index in [1.807, 2.05) is 23.6 Å². The molecule has 1 N–H and O–H groups in total. The van der Waals surface area contributed by atoms with Crippen molar-refractivity contribution in [1.82, 2.24) is 0 Å². The summed E-state index contributed by atoms with van der Waals surface area (Å²) in [4.78, 5) is 25.1. The molecule has 4 aromatic rings. The van der Waals surface area contributed by atoms with Crippen molar-refractivity contribution in [3.63, 3.8) is 0 Å². The summed E-state index contributed by atoms with van der Waals surface area (Å²) < 4.78 is 16.4.